The highest BCUT2D eigenvalue weighted by atomic mass is 32.1. The third-order valence-electron chi connectivity index (χ3n) is 3.70. The smallest absolute Gasteiger partial charge is 0.265 e. The fourth-order valence-corrected chi connectivity index (χ4v) is 3.44. The Kier molecular flexibility index (Phi) is 5.14. The molecule has 0 spiro atoms. The van der Waals surface area contributed by atoms with Crippen LogP contribution < -0.4 is 10.6 Å². The van der Waals surface area contributed by atoms with Gasteiger partial charge < -0.3 is 10.6 Å². The Morgan fingerprint density at radius 1 is 0.962 bits per heavy atom. The summed E-state index contributed by atoms with van der Waals surface area (Å²) in [4.78, 5) is 25.1. The summed E-state index contributed by atoms with van der Waals surface area (Å²) in [6.45, 7) is 3.31. The average molecular weight is 368 g/mol. The molecule has 0 saturated heterocycles. The summed E-state index contributed by atoms with van der Waals surface area (Å²) in [7, 11) is 0. The molecule has 0 saturated carbocycles. The zero-order chi connectivity index (χ0) is 18.7. The number of thiophene rings is 1. The second-order valence-electron chi connectivity index (χ2n) is 5.83. The van der Waals surface area contributed by atoms with Crippen LogP contribution in [0, 0.1) is 12.7 Å². The van der Waals surface area contributed by atoms with Gasteiger partial charge in [-0.2, -0.15) is 0 Å². The lowest BCUT2D eigenvalue weighted by atomic mass is 10.2. The monoisotopic (exact) mass is 368 g/mol. The molecule has 0 radical (unpaired) electrons. The van der Waals surface area contributed by atoms with Crippen LogP contribution in [0.1, 0.15) is 22.2 Å². The molecule has 0 bridgehead atoms. The largest absolute Gasteiger partial charge is 0.325 e. The van der Waals surface area contributed by atoms with Gasteiger partial charge in [-0.1, -0.05) is 24.3 Å². The van der Waals surface area contributed by atoms with Crippen molar-refractivity contribution in [3.63, 3.8) is 0 Å². The summed E-state index contributed by atoms with van der Waals surface area (Å²) in [5.74, 6) is -0.856. The first-order chi connectivity index (χ1) is 12.4. The first-order valence-electron chi connectivity index (χ1n) is 7.98. The number of halogens is 1. The lowest BCUT2D eigenvalue weighted by molar-refractivity contribution is -0.114. The molecule has 2 amide bonds. The number of amides is 2. The molecule has 2 N–H and O–H groups in total. The Balaban J connectivity index is 1.85. The van der Waals surface area contributed by atoms with Crippen molar-refractivity contribution in [2.45, 2.75) is 13.8 Å². The molecule has 26 heavy (non-hydrogen) atoms. The number of hydrogen-bond acceptors (Lipinski definition) is 3. The summed E-state index contributed by atoms with van der Waals surface area (Å²) in [5.41, 5.74) is 2.46. The van der Waals surface area contributed by atoms with Crippen LogP contribution in [0.2, 0.25) is 0 Å². The molecule has 0 aliphatic heterocycles. The van der Waals surface area contributed by atoms with E-state index in [1.807, 2.05) is 13.0 Å². The van der Waals surface area contributed by atoms with Gasteiger partial charge in [0.15, 0.2) is 0 Å². The predicted octanol–water partition coefficient (Wildman–Crippen LogP) is 5.07. The minimum atomic E-state index is -0.326. The van der Waals surface area contributed by atoms with E-state index in [1.54, 1.807) is 42.5 Å². The molecular weight excluding hydrogens is 351 g/mol. The fourth-order valence-electron chi connectivity index (χ4n) is 2.51. The standard InChI is InChI=1S/C20H17FN2O2S/c1-12-7-8-16(22-13(2)24)17(11-12)23-20(25)19-10-9-18(26-19)14-5-3-4-6-15(14)21/h3-11H,1-2H3,(H,22,24)(H,23,25). The number of rotatable bonds is 4. The van der Waals surface area contributed by atoms with E-state index in [2.05, 4.69) is 10.6 Å². The van der Waals surface area contributed by atoms with Crippen molar-refractivity contribution in [3.05, 3.63) is 70.9 Å². The van der Waals surface area contributed by atoms with Gasteiger partial charge in [-0.25, -0.2) is 4.39 Å². The van der Waals surface area contributed by atoms with Gasteiger partial charge in [-0.3, -0.25) is 9.59 Å². The first-order valence-corrected chi connectivity index (χ1v) is 8.80. The van der Waals surface area contributed by atoms with E-state index in [0.29, 0.717) is 26.7 Å². The van der Waals surface area contributed by atoms with Crippen molar-refractivity contribution in [2.24, 2.45) is 0 Å². The molecule has 1 aromatic heterocycles. The number of aryl methyl sites for hydroxylation is 1. The Morgan fingerprint density at radius 2 is 1.73 bits per heavy atom. The highest BCUT2D eigenvalue weighted by Crippen LogP contribution is 2.31. The fraction of sp³-hybridized carbons (Fsp3) is 0.100. The summed E-state index contributed by atoms with van der Waals surface area (Å²) in [6, 6.07) is 15.2. The van der Waals surface area contributed by atoms with Gasteiger partial charge in [0.25, 0.3) is 5.91 Å². The van der Waals surface area contributed by atoms with E-state index in [-0.39, 0.29) is 17.6 Å². The van der Waals surface area contributed by atoms with Crippen LogP contribution >= 0.6 is 11.3 Å². The van der Waals surface area contributed by atoms with Crippen LogP contribution in [-0.2, 0) is 4.79 Å². The number of carbonyl (C=O) groups is 2. The summed E-state index contributed by atoms with van der Waals surface area (Å²) >= 11 is 1.21. The van der Waals surface area contributed by atoms with Crippen LogP contribution in [0.15, 0.2) is 54.6 Å². The topological polar surface area (TPSA) is 58.2 Å². The lowest BCUT2D eigenvalue weighted by Gasteiger charge is -2.11. The molecule has 2 aromatic carbocycles. The molecule has 6 heteroatoms. The van der Waals surface area contributed by atoms with Crippen LogP contribution in [0.25, 0.3) is 10.4 Å². The number of carbonyl (C=O) groups excluding carboxylic acids is 2. The maximum absolute atomic E-state index is 13.9. The molecule has 0 atom stereocenters. The predicted molar refractivity (Wildman–Crippen MR) is 103 cm³/mol. The maximum atomic E-state index is 13.9. The number of hydrogen-bond donors (Lipinski definition) is 2. The third kappa shape index (κ3) is 3.97. The number of nitrogens with one attached hydrogen (secondary N) is 2. The minimum absolute atomic E-state index is 0.220. The van der Waals surface area contributed by atoms with E-state index < -0.39 is 0 Å². The minimum Gasteiger partial charge on any atom is -0.325 e. The zero-order valence-corrected chi connectivity index (χ0v) is 15.1. The quantitative estimate of drug-likeness (QED) is 0.675. The zero-order valence-electron chi connectivity index (χ0n) is 14.3. The second kappa shape index (κ2) is 7.49. The van der Waals surface area contributed by atoms with Crippen molar-refractivity contribution in [1.29, 1.82) is 0 Å². The van der Waals surface area contributed by atoms with Gasteiger partial charge in [0, 0.05) is 17.4 Å². The molecule has 0 aliphatic carbocycles. The molecule has 4 nitrogen and oxygen atoms in total. The molecular formula is C20H17FN2O2S. The number of benzene rings is 2. The molecule has 1 heterocycles. The van der Waals surface area contributed by atoms with Crippen molar-refractivity contribution >= 4 is 34.5 Å². The van der Waals surface area contributed by atoms with E-state index in [4.69, 9.17) is 0 Å². The summed E-state index contributed by atoms with van der Waals surface area (Å²) in [5, 5.41) is 5.51. The average Bonchev–Trinajstić information content (AvgIpc) is 3.07. The van der Waals surface area contributed by atoms with Gasteiger partial charge in [-0.15, -0.1) is 11.3 Å². The molecule has 3 aromatic rings. The molecule has 0 unspecified atom stereocenters. The Labute approximate surface area is 154 Å². The van der Waals surface area contributed by atoms with Crippen molar-refractivity contribution < 1.29 is 14.0 Å². The Morgan fingerprint density at radius 3 is 2.46 bits per heavy atom. The molecule has 0 aliphatic rings. The van der Waals surface area contributed by atoms with Crippen LogP contribution in [0.5, 0.6) is 0 Å². The SMILES string of the molecule is CC(=O)Nc1ccc(C)cc1NC(=O)c1ccc(-c2ccccc2F)s1. The van der Waals surface area contributed by atoms with Crippen LogP contribution in [0.3, 0.4) is 0 Å². The maximum Gasteiger partial charge on any atom is 0.265 e. The lowest BCUT2D eigenvalue weighted by Crippen LogP contribution is -2.14. The van der Waals surface area contributed by atoms with Crippen molar-refractivity contribution in [2.75, 3.05) is 10.6 Å². The molecule has 3 rings (SSSR count). The highest BCUT2D eigenvalue weighted by molar-refractivity contribution is 7.17. The molecule has 0 fully saturated rings. The normalized spacial score (nSPS) is 10.4. The van der Waals surface area contributed by atoms with Gasteiger partial charge in [-0.05, 0) is 42.8 Å². The van der Waals surface area contributed by atoms with Crippen molar-refractivity contribution in [3.8, 4) is 10.4 Å². The van der Waals surface area contributed by atoms with E-state index >= 15 is 0 Å². The molecule has 132 valence electrons. The van der Waals surface area contributed by atoms with Gasteiger partial charge in [0.1, 0.15) is 5.82 Å². The van der Waals surface area contributed by atoms with E-state index in [9.17, 15) is 14.0 Å². The highest BCUT2D eigenvalue weighted by Gasteiger charge is 2.14. The van der Waals surface area contributed by atoms with Gasteiger partial charge in [0.2, 0.25) is 5.91 Å². The van der Waals surface area contributed by atoms with Gasteiger partial charge in [0.05, 0.1) is 16.3 Å². The number of anilines is 2. The van der Waals surface area contributed by atoms with Gasteiger partial charge >= 0.3 is 0 Å². The van der Waals surface area contributed by atoms with E-state index in [0.717, 1.165) is 5.56 Å². The van der Waals surface area contributed by atoms with E-state index in [1.165, 1.54) is 24.3 Å². The third-order valence-corrected chi connectivity index (χ3v) is 4.82. The summed E-state index contributed by atoms with van der Waals surface area (Å²) in [6.07, 6.45) is 0. The Bertz CT molecular complexity index is 981. The van der Waals surface area contributed by atoms with Crippen LogP contribution in [-0.4, -0.2) is 11.8 Å². The first kappa shape index (κ1) is 17.8. The van der Waals surface area contributed by atoms with Crippen molar-refractivity contribution in [1.82, 2.24) is 0 Å². The van der Waals surface area contributed by atoms with Crippen LogP contribution in [0.4, 0.5) is 15.8 Å². The summed E-state index contributed by atoms with van der Waals surface area (Å²) < 4.78 is 13.9. The Hall–Kier alpha value is -2.99. The second-order valence-corrected chi connectivity index (χ2v) is 6.91.